The van der Waals surface area contributed by atoms with Crippen LogP contribution in [0.15, 0.2) is 24.3 Å². The molecule has 5 nitrogen and oxygen atoms in total. The third kappa shape index (κ3) is 3.94. The summed E-state index contributed by atoms with van der Waals surface area (Å²) in [4.78, 5) is 12.2. The summed E-state index contributed by atoms with van der Waals surface area (Å²) in [5.41, 5.74) is 0.208. The fraction of sp³-hybridized carbons (Fsp3) is 0.412. The number of phenolic OH excluding ortho intramolecular Hbond substituents is 1. The number of halogens is 3. The molecule has 0 saturated carbocycles. The zero-order chi connectivity index (χ0) is 18.0. The zero-order valence-electron chi connectivity index (χ0n) is 13.4. The number of carbonyl (C=O) groups is 1. The van der Waals surface area contributed by atoms with Gasteiger partial charge < -0.3 is 10.4 Å². The topological polar surface area (TPSA) is 67.2 Å². The molecule has 0 saturated heterocycles. The smallest absolute Gasteiger partial charge is 0.435 e. The van der Waals surface area contributed by atoms with Gasteiger partial charge in [-0.3, -0.25) is 9.48 Å². The highest BCUT2D eigenvalue weighted by molar-refractivity contribution is 5.90. The molecule has 0 unspecified atom stereocenters. The summed E-state index contributed by atoms with van der Waals surface area (Å²) in [7, 11) is 0. The van der Waals surface area contributed by atoms with Gasteiger partial charge in [-0.2, -0.15) is 18.3 Å². The minimum absolute atomic E-state index is 0.00915. The van der Waals surface area contributed by atoms with Crippen molar-refractivity contribution in [3.8, 4) is 5.75 Å². The maximum atomic E-state index is 13.2. The third-order valence-corrected chi connectivity index (χ3v) is 4.20. The van der Waals surface area contributed by atoms with Crippen LogP contribution in [0.2, 0.25) is 0 Å². The Morgan fingerprint density at radius 3 is 2.72 bits per heavy atom. The van der Waals surface area contributed by atoms with Gasteiger partial charge in [-0.25, -0.2) is 0 Å². The Balaban J connectivity index is 1.84. The van der Waals surface area contributed by atoms with E-state index in [9.17, 15) is 23.1 Å². The number of carbonyl (C=O) groups excluding carboxylic acids is 1. The molecule has 1 amide bonds. The Hall–Kier alpha value is -2.51. The molecular formula is C17H18F3N3O2. The number of nitrogens with zero attached hydrogens (tertiary/aromatic N) is 2. The van der Waals surface area contributed by atoms with Crippen LogP contribution >= 0.6 is 0 Å². The maximum absolute atomic E-state index is 13.2. The lowest BCUT2D eigenvalue weighted by molar-refractivity contribution is -0.142. The van der Waals surface area contributed by atoms with Crippen LogP contribution in [0.5, 0.6) is 5.75 Å². The van der Waals surface area contributed by atoms with Crippen LogP contribution in [0, 0.1) is 0 Å². The minimum atomic E-state index is -4.53. The fourth-order valence-corrected chi connectivity index (χ4v) is 3.13. The number of benzene rings is 1. The van der Waals surface area contributed by atoms with Crippen LogP contribution in [0.4, 0.5) is 18.9 Å². The van der Waals surface area contributed by atoms with Gasteiger partial charge in [-0.1, -0.05) is 12.5 Å². The highest BCUT2D eigenvalue weighted by atomic mass is 19.4. The quantitative estimate of drug-likeness (QED) is 0.830. The highest BCUT2D eigenvalue weighted by Crippen LogP contribution is 2.35. The number of alkyl halides is 3. The molecule has 2 aromatic rings. The van der Waals surface area contributed by atoms with Gasteiger partial charge in [-0.15, -0.1) is 0 Å². The van der Waals surface area contributed by atoms with Crippen molar-refractivity contribution in [3.05, 3.63) is 41.2 Å². The molecule has 1 heterocycles. The summed E-state index contributed by atoms with van der Waals surface area (Å²) in [6.45, 7) is -0.298. The van der Waals surface area contributed by atoms with Gasteiger partial charge in [0.25, 0.3) is 0 Å². The number of anilines is 1. The molecule has 0 bridgehead atoms. The van der Waals surface area contributed by atoms with E-state index in [1.54, 1.807) is 12.1 Å². The zero-order valence-corrected chi connectivity index (χ0v) is 13.4. The van der Waals surface area contributed by atoms with E-state index in [-0.39, 0.29) is 17.9 Å². The van der Waals surface area contributed by atoms with Gasteiger partial charge in [0, 0.05) is 23.0 Å². The number of nitrogens with one attached hydrogen (secondary N) is 1. The summed E-state index contributed by atoms with van der Waals surface area (Å²) < 4.78 is 40.9. The van der Waals surface area contributed by atoms with E-state index in [0.717, 1.165) is 12.8 Å². The first kappa shape index (κ1) is 17.3. The van der Waals surface area contributed by atoms with Crippen LogP contribution < -0.4 is 5.32 Å². The van der Waals surface area contributed by atoms with Crippen molar-refractivity contribution in [1.82, 2.24) is 9.78 Å². The molecule has 0 atom stereocenters. The van der Waals surface area contributed by atoms with E-state index >= 15 is 0 Å². The monoisotopic (exact) mass is 353 g/mol. The minimum Gasteiger partial charge on any atom is -0.508 e. The van der Waals surface area contributed by atoms with Crippen molar-refractivity contribution in [2.75, 3.05) is 5.32 Å². The fourth-order valence-electron chi connectivity index (χ4n) is 3.13. The number of rotatable bonds is 3. The summed E-state index contributed by atoms with van der Waals surface area (Å²) >= 11 is 0. The number of hydrogen-bond donors (Lipinski definition) is 2. The Bertz CT molecular complexity index is 784. The van der Waals surface area contributed by atoms with Gasteiger partial charge in [0.2, 0.25) is 5.91 Å². The average Bonchev–Trinajstić information content (AvgIpc) is 2.70. The Morgan fingerprint density at radius 2 is 2.00 bits per heavy atom. The van der Waals surface area contributed by atoms with Crippen LogP contribution in [-0.4, -0.2) is 20.8 Å². The molecule has 1 aliphatic rings. The van der Waals surface area contributed by atoms with Crippen molar-refractivity contribution in [2.24, 2.45) is 0 Å². The molecule has 1 aromatic heterocycles. The van der Waals surface area contributed by atoms with E-state index < -0.39 is 17.8 Å². The number of phenols is 1. The van der Waals surface area contributed by atoms with E-state index in [1.807, 2.05) is 0 Å². The Morgan fingerprint density at radius 1 is 1.24 bits per heavy atom. The second-order valence-corrected chi connectivity index (χ2v) is 6.09. The lowest BCUT2D eigenvalue weighted by Crippen LogP contribution is -2.21. The number of aromatic hydroxyl groups is 1. The van der Waals surface area contributed by atoms with Gasteiger partial charge in [0.1, 0.15) is 12.3 Å². The van der Waals surface area contributed by atoms with E-state index in [1.165, 1.54) is 16.8 Å². The van der Waals surface area contributed by atoms with Crippen LogP contribution in [-0.2, 0) is 30.4 Å². The van der Waals surface area contributed by atoms with E-state index in [0.29, 0.717) is 30.6 Å². The molecule has 0 fully saturated rings. The predicted octanol–water partition coefficient (Wildman–Crippen LogP) is 3.52. The first-order valence-corrected chi connectivity index (χ1v) is 8.09. The summed E-state index contributed by atoms with van der Waals surface area (Å²) in [6, 6.07) is 5.97. The van der Waals surface area contributed by atoms with Gasteiger partial charge >= 0.3 is 6.18 Å². The molecule has 134 valence electrons. The lowest BCUT2D eigenvalue weighted by atomic mass is 10.1. The second kappa shape index (κ2) is 6.78. The molecule has 0 spiro atoms. The molecule has 0 radical (unpaired) electrons. The van der Waals surface area contributed by atoms with E-state index in [2.05, 4.69) is 10.4 Å². The van der Waals surface area contributed by atoms with Crippen molar-refractivity contribution in [2.45, 2.75) is 44.8 Å². The molecule has 0 aliphatic heterocycles. The van der Waals surface area contributed by atoms with E-state index in [4.69, 9.17) is 0 Å². The number of aromatic nitrogens is 2. The number of amides is 1. The highest BCUT2D eigenvalue weighted by Gasteiger charge is 2.39. The van der Waals surface area contributed by atoms with Crippen molar-refractivity contribution in [3.63, 3.8) is 0 Å². The SMILES string of the molecule is O=C(Cn1nc(C(F)(F)F)c2c1CCCCC2)Nc1cccc(O)c1. The summed E-state index contributed by atoms with van der Waals surface area (Å²) in [6.07, 6.45) is -1.37. The molecule has 3 rings (SSSR count). The normalized spacial score (nSPS) is 14.7. The number of fused-ring (bicyclic) bond motifs is 1. The number of hydrogen-bond acceptors (Lipinski definition) is 3. The van der Waals surface area contributed by atoms with Crippen LogP contribution in [0.25, 0.3) is 0 Å². The molecule has 1 aromatic carbocycles. The lowest BCUT2D eigenvalue weighted by Gasteiger charge is -2.09. The standard InChI is InChI=1S/C17H18F3N3O2/c18-17(19,20)16-13-7-2-1-3-8-14(13)23(22-16)10-15(25)21-11-5-4-6-12(24)9-11/h4-6,9,24H,1-3,7-8,10H2,(H,21,25). The summed E-state index contributed by atoms with van der Waals surface area (Å²) in [5, 5.41) is 15.7. The largest absolute Gasteiger partial charge is 0.508 e. The molecular weight excluding hydrogens is 335 g/mol. The Kier molecular flexibility index (Phi) is 4.69. The van der Waals surface area contributed by atoms with Crippen LogP contribution in [0.3, 0.4) is 0 Å². The molecule has 1 aliphatic carbocycles. The van der Waals surface area contributed by atoms with Crippen molar-refractivity contribution in [1.29, 1.82) is 0 Å². The molecule has 8 heteroatoms. The van der Waals surface area contributed by atoms with Crippen molar-refractivity contribution >= 4 is 11.6 Å². The van der Waals surface area contributed by atoms with Crippen molar-refractivity contribution < 1.29 is 23.1 Å². The first-order chi connectivity index (χ1) is 11.8. The van der Waals surface area contributed by atoms with Gasteiger partial charge in [0.05, 0.1) is 0 Å². The third-order valence-electron chi connectivity index (χ3n) is 4.20. The molecule has 2 N–H and O–H groups in total. The van der Waals surface area contributed by atoms with Gasteiger partial charge in [-0.05, 0) is 37.8 Å². The van der Waals surface area contributed by atoms with Gasteiger partial charge in [0.15, 0.2) is 5.69 Å². The average molecular weight is 353 g/mol. The second-order valence-electron chi connectivity index (χ2n) is 6.09. The Labute approximate surface area is 142 Å². The predicted molar refractivity (Wildman–Crippen MR) is 85.2 cm³/mol. The van der Waals surface area contributed by atoms with Crippen LogP contribution in [0.1, 0.15) is 36.2 Å². The first-order valence-electron chi connectivity index (χ1n) is 8.09. The maximum Gasteiger partial charge on any atom is 0.435 e. The molecule has 25 heavy (non-hydrogen) atoms. The summed E-state index contributed by atoms with van der Waals surface area (Å²) in [5.74, 6) is -0.501.